The summed E-state index contributed by atoms with van der Waals surface area (Å²) >= 11 is 0. The first kappa shape index (κ1) is 25.1. The molecule has 36 heavy (non-hydrogen) atoms. The number of carbonyl (C=O) groups excluding carboxylic acids is 1. The normalized spacial score (nSPS) is 10.8. The van der Waals surface area contributed by atoms with Crippen molar-refractivity contribution in [2.45, 2.75) is 40.3 Å². The summed E-state index contributed by atoms with van der Waals surface area (Å²) in [6.07, 6.45) is 0. The van der Waals surface area contributed by atoms with Gasteiger partial charge in [-0.15, -0.1) is 0 Å². The fourth-order valence-corrected chi connectivity index (χ4v) is 4.30. The van der Waals surface area contributed by atoms with Crippen LogP contribution in [-0.4, -0.2) is 12.5 Å². The van der Waals surface area contributed by atoms with Gasteiger partial charge in [0.25, 0.3) is 5.91 Å². The Hall–Kier alpha value is -4.05. The monoisotopic (exact) mass is 479 g/mol. The van der Waals surface area contributed by atoms with Gasteiger partial charge in [0.15, 0.2) is 0 Å². The summed E-state index contributed by atoms with van der Waals surface area (Å²) in [7, 11) is 0. The molecule has 4 aromatic carbocycles. The van der Waals surface area contributed by atoms with Gasteiger partial charge in [0, 0.05) is 11.1 Å². The van der Waals surface area contributed by atoms with Crippen molar-refractivity contribution in [3.05, 3.63) is 130 Å². The van der Waals surface area contributed by atoms with Gasteiger partial charge < -0.3 is 14.8 Å². The van der Waals surface area contributed by atoms with Gasteiger partial charge in [-0.05, 0) is 79.8 Å². The topological polar surface area (TPSA) is 47.6 Å². The highest BCUT2D eigenvalue weighted by molar-refractivity contribution is 5.95. The van der Waals surface area contributed by atoms with E-state index in [1.807, 2.05) is 85.8 Å². The molecule has 0 saturated carbocycles. The van der Waals surface area contributed by atoms with Crippen LogP contribution >= 0.6 is 0 Å². The molecule has 0 bridgehead atoms. The number of benzene rings is 4. The van der Waals surface area contributed by atoms with E-state index in [0.29, 0.717) is 18.8 Å². The molecule has 4 heteroatoms. The molecule has 1 N–H and O–H groups in total. The van der Waals surface area contributed by atoms with Gasteiger partial charge in [-0.25, -0.2) is 0 Å². The zero-order valence-corrected chi connectivity index (χ0v) is 21.4. The largest absolute Gasteiger partial charge is 0.493 e. The molecule has 0 fully saturated rings. The lowest BCUT2D eigenvalue weighted by molar-refractivity contribution is 0.0942. The average Bonchev–Trinajstić information content (AvgIpc) is 2.90. The van der Waals surface area contributed by atoms with E-state index >= 15 is 0 Å². The third kappa shape index (κ3) is 5.95. The molecule has 4 rings (SSSR count). The molecule has 0 aliphatic carbocycles. The van der Waals surface area contributed by atoms with Crippen molar-refractivity contribution in [1.82, 2.24) is 5.32 Å². The maximum atomic E-state index is 13.4. The first-order valence-electron chi connectivity index (χ1n) is 12.3. The average molecular weight is 480 g/mol. The molecule has 0 atom stereocenters. The molecule has 1 amide bonds. The minimum absolute atomic E-state index is 0.153. The van der Waals surface area contributed by atoms with Crippen LogP contribution in [0.15, 0.2) is 91.0 Å². The van der Waals surface area contributed by atoms with Crippen molar-refractivity contribution in [2.75, 3.05) is 6.61 Å². The second kappa shape index (κ2) is 11.6. The van der Waals surface area contributed by atoms with Gasteiger partial charge in [0.05, 0.1) is 12.6 Å². The van der Waals surface area contributed by atoms with Gasteiger partial charge in [-0.3, -0.25) is 4.79 Å². The number of carbonyl (C=O) groups is 1. The Labute approximate surface area is 213 Å². The summed E-state index contributed by atoms with van der Waals surface area (Å²) in [6, 6.07) is 29.5. The van der Waals surface area contributed by atoms with Crippen LogP contribution < -0.4 is 14.8 Å². The maximum absolute atomic E-state index is 13.4. The van der Waals surface area contributed by atoms with Crippen molar-refractivity contribution in [2.24, 2.45) is 0 Å². The summed E-state index contributed by atoms with van der Waals surface area (Å²) in [5.74, 6) is 1.41. The van der Waals surface area contributed by atoms with Crippen LogP contribution in [0, 0.1) is 20.8 Å². The van der Waals surface area contributed by atoms with Crippen LogP contribution in [0.2, 0.25) is 0 Å². The lowest BCUT2D eigenvalue weighted by Crippen LogP contribution is -2.29. The Morgan fingerprint density at radius 3 is 2.03 bits per heavy atom. The second-order valence-electron chi connectivity index (χ2n) is 8.98. The molecule has 0 unspecified atom stereocenters. The van der Waals surface area contributed by atoms with Gasteiger partial charge in [-0.1, -0.05) is 66.7 Å². The lowest BCUT2D eigenvalue weighted by atomic mass is 9.98. The van der Waals surface area contributed by atoms with E-state index in [4.69, 9.17) is 9.47 Å². The predicted octanol–water partition coefficient (Wildman–Crippen LogP) is 7.11. The highest BCUT2D eigenvalue weighted by Gasteiger charge is 2.19. The molecule has 4 nitrogen and oxygen atoms in total. The molecular weight excluding hydrogens is 446 g/mol. The number of amides is 1. The van der Waals surface area contributed by atoms with Gasteiger partial charge in [-0.2, -0.15) is 0 Å². The van der Waals surface area contributed by atoms with E-state index in [0.717, 1.165) is 39.3 Å². The summed E-state index contributed by atoms with van der Waals surface area (Å²) in [6.45, 7) is 8.99. The van der Waals surface area contributed by atoms with E-state index in [1.54, 1.807) is 6.07 Å². The van der Waals surface area contributed by atoms with E-state index in [-0.39, 0.29) is 11.9 Å². The van der Waals surface area contributed by atoms with E-state index < -0.39 is 0 Å². The Kier molecular flexibility index (Phi) is 8.06. The first-order chi connectivity index (χ1) is 17.5. The lowest BCUT2D eigenvalue weighted by Gasteiger charge is -2.21. The SMILES string of the molecule is CCOc1ccc(C(=O)NC(c2ccccc2)c2ccccc2)cc1COc1cc(C)cc(C)c1C. The number of ether oxygens (including phenoxy) is 2. The molecule has 0 aliphatic rings. The number of nitrogens with one attached hydrogen (secondary N) is 1. The summed E-state index contributed by atoms with van der Waals surface area (Å²) in [5.41, 5.74) is 6.90. The molecule has 0 spiro atoms. The van der Waals surface area contributed by atoms with Crippen molar-refractivity contribution in [3.63, 3.8) is 0 Å². The molecule has 184 valence electrons. The highest BCUT2D eigenvalue weighted by Crippen LogP contribution is 2.28. The van der Waals surface area contributed by atoms with Gasteiger partial charge >= 0.3 is 0 Å². The van der Waals surface area contributed by atoms with E-state index in [9.17, 15) is 4.79 Å². The standard InChI is InChI=1S/C32H33NO3/c1-5-35-29-17-16-27(20-28(29)21-36-30-19-22(2)18-23(3)24(30)4)32(34)33-31(25-12-8-6-9-13-25)26-14-10-7-11-15-26/h6-20,31H,5,21H2,1-4H3,(H,33,34). The first-order valence-corrected chi connectivity index (χ1v) is 12.3. The van der Waals surface area contributed by atoms with Crippen molar-refractivity contribution < 1.29 is 14.3 Å². The number of aryl methyl sites for hydroxylation is 2. The molecule has 0 aromatic heterocycles. The number of rotatable bonds is 9. The Bertz CT molecular complexity index is 1280. The molecular formula is C32H33NO3. The predicted molar refractivity (Wildman–Crippen MR) is 145 cm³/mol. The zero-order valence-electron chi connectivity index (χ0n) is 21.4. The highest BCUT2D eigenvalue weighted by atomic mass is 16.5. The number of hydrogen-bond donors (Lipinski definition) is 1. The van der Waals surface area contributed by atoms with Crippen LogP contribution in [0.1, 0.15) is 56.7 Å². The van der Waals surface area contributed by atoms with Crippen LogP contribution in [0.3, 0.4) is 0 Å². The smallest absolute Gasteiger partial charge is 0.252 e. The minimum Gasteiger partial charge on any atom is -0.493 e. The van der Waals surface area contributed by atoms with Crippen LogP contribution in [0.5, 0.6) is 11.5 Å². The summed E-state index contributed by atoms with van der Waals surface area (Å²) in [5, 5.41) is 3.22. The van der Waals surface area contributed by atoms with Crippen molar-refractivity contribution in [3.8, 4) is 11.5 Å². The Morgan fingerprint density at radius 1 is 0.778 bits per heavy atom. The van der Waals surface area contributed by atoms with Crippen molar-refractivity contribution >= 4 is 5.91 Å². The number of hydrogen-bond acceptors (Lipinski definition) is 3. The van der Waals surface area contributed by atoms with Crippen molar-refractivity contribution in [1.29, 1.82) is 0 Å². The molecule has 0 aliphatic heterocycles. The Morgan fingerprint density at radius 2 is 1.42 bits per heavy atom. The third-order valence-electron chi connectivity index (χ3n) is 6.31. The van der Waals surface area contributed by atoms with Crippen LogP contribution in [-0.2, 0) is 6.61 Å². The van der Waals surface area contributed by atoms with E-state index in [1.165, 1.54) is 5.56 Å². The molecule has 4 aromatic rings. The van der Waals surface area contributed by atoms with Gasteiger partial charge in [0.2, 0.25) is 0 Å². The third-order valence-corrected chi connectivity index (χ3v) is 6.31. The summed E-state index contributed by atoms with van der Waals surface area (Å²) in [4.78, 5) is 13.4. The minimum atomic E-state index is -0.260. The van der Waals surface area contributed by atoms with Crippen LogP contribution in [0.4, 0.5) is 0 Å². The zero-order chi connectivity index (χ0) is 25.5. The summed E-state index contributed by atoms with van der Waals surface area (Å²) < 4.78 is 12.1. The Balaban J connectivity index is 1.60. The fraction of sp³-hybridized carbons (Fsp3) is 0.219. The quantitative estimate of drug-likeness (QED) is 0.278. The second-order valence-corrected chi connectivity index (χ2v) is 8.98. The molecule has 0 radical (unpaired) electrons. The maximum Gasteiger partial charge on any atom is 0.252 e. The molecule has 0 saturated heterocycles. The van der Waals surface area contributed by atoms with Crippen LogP contribution in [0.25, 0.3) is 0 Å². The molecule has 0 heterocycles. The van der Waals surface area contributed by atoms with Gasteiger partial charge in [0.1, 0.15) is 18.1 Å². The fourth-order valence-electron chi connectivity index (χ4n) is 4.30. The van der Waals surface area contributed by atoms with E-state index in [2.05, 4.69) is 32.2 Å².